The van der Waals surface area contributed by atoms with Gasteiger partial charge in [0, 0.05) is 81.5 Å². The number of carbonyl (C=O) groups excluding carboxylic acids is 1. The minimum Gasteiger partial charge on any atom is -0.384 e. The molecule has 2 atom stereocenters. The molecule has 0 spiro atoms. The number of anilines is 3. The average Bonchev–Trinajstić information content (AvgIpc) is 3.50. The zero-order chi connectivity index (χ0) is 34.6. The molecule has 2 N–H and O–H groups in total. The Labute approximate surface area is 290 Å². The molecule has 0 radical (unpaired) electrons. The number of nitrogens with one attached hydrogen (secondary N) is 2. The van der Waals surface area contributed by atoms with Crippen LogP contribution in [-0.4, -0.2) is 98.4 Å². The molecule has 3 aliphatic heterocycles. The molecule has 2 aromatic carbocycles. The molecule has 0 aliphatic carbocycles. The highest BCUT2D eigenvalue weighted by Crippen LogP contribution is 2.35. The maximum Gasteiger partial charge on any atom is 0.258 e. The molecule has 3 fully saturated rings. The lowest BCUT2D eigenvalue weighted by Crippen LogP contribution is -2.44. The number of benzene rings is 2. The van der Waals surface area contributed by atoms with E-state index in [-0.39, 0.29) is 30.3 Å². The summed E-state index contributed by atoms with van der Waals surface area (Å²) in [5.74, 6) is -1.79. The zero-order valence-corrected chi connectivity index (χ0v) is 28.7. The van der Waals surface area contributed by atoms with Gasteiger partial charge in [-0.1, -0.05) is 0 Å². The second kappa shape index (κ2) is 15.4. The molecule has 1 amide bonds. The number of rotatable bonds is 10. The van der Waals surface area contributed by atoms with Gasteiger partial charge in [0.1, 0.15) is 11.6 Å². The van der Waals surface area contributed by atoms with Gasteiger partial charge in [-0.25, -0.2) is 13.5 Å². The molecule has 13 heteroatoms. The van der Waals surface area contributed by atoms with Gasteiger partial charge in [-0.2, -0.15) is 5.10 Å². The van der Waals surface area contributed by atoms with Crippen LogP contribution in [0.15, 0.2) is 48.7 Å². The molecule has 11 nitrogen and oxygen atoms in total. The average molecular weight is 690 g/mol. The number of halogens is 2. The third kappa shape index (κ3) is 7.46. The lowest BCUT2D eigenvalue weighted by Gasteiger charge is -2.34. The number of hydrogen-bond donors (Lipinski definition) is 2. The molecule has 4 aromatic rings. The van der Waals surface area contributed by atoms with Crippen molar-refractivity contribution in [2.75, 3.05) is 82.3 Å². The summed E-state index contributed by atoms with van der Waals surface area (Å²) in [6.45, 7) is 5.78. The fourth-order valence-corrected chi connectivity index (χ4v) is 7.10. The van der Waals surface area contributed by atoms with Crippen LogP contribution in [-0.2, 0) is 14.2 Å². The molecular weight excluding hydrogens is 644 g/mol. The van der Waals surface area contributed by atoms with Crippen molar-refractivity contribution in [2.24, 2.45) is 0 Å². The first-order valence-corrected chi connectivity index (χ1v) is 17.5. The van der Waals surface area contributed by atoms with Crippen molar-refractivity contribution in [1.82, 2.24) is 19.7 Å². The predicted molar refractivity (Wildman–Crippen MR) is 188 cm³/mol. The van der Waals surface area contributed by atoms with E-state index in [1.165, 1.54) is 13.2 Å². The smallest absolute Gasteiger partial charge is 0.258 e. The Kier molecular flexibility index (Phi) is 10.5. The topological polar surface area (TPSA) is 106 Å². The predicted octanol–water partition coefficient (Wildman–Crippen LogP) is 5.78. The summed E-state index contributed by atoms with van der Waals surface area (Å²) in [6.07, 6.45) is 5.74. The minimum absolute atomic E-state index is 0.0708. The van der Waals surface area contributed by atoms with Crippen LogP contribution in [0.2, 0.25) is 0 Å². The molecule has 0 bridgehead atoms. The molecule has 2 unspecified atom stereocenters. The summed E-state index contributed by atoms with van der Waals surface area (Å²) < 4.78 is 48.2. The normalized spacial score (nSPS) is 19.8. The van der Waals surface area contributed by atoms with Crippen molar-refractivity contribution in [3.63, 3.8) is 0 Å². The van der Waals surface area contributed by atoms with E-state index in [2.05, 4.69) is 33.5 Å². The Morgan fingerprint density at radius 1 is 1.02 bits per heavy atom. The van der Waals surface area contributed by atoms with E-state index in [4.69, 9.17) is 24.3 Å². The number of piperazine rings is 1. The van der Waals surface area contributed by atoms with Crippen molar-refractivity contribution in [1.29, 1.82) is 0 Å². The van der Waals surface area contributed by atoms with E-state index in [0.717, 1.165) is 81.8 Å². The first kappa shape index (κ1) is 34.3. The standard InChI is InChI=1S/C37H45F2N7O4/c1-44-12-14-45(15-13-44)26-7-8-27(33(20-26)41-25-10-17-49-18-11-25)37(47)42-36-29-21-32(30(23-48-2)28-19-24(38)6-9-31(28)39)40-22-34(29)46(43-36)35-5-3-4-16-50-35/h6-9,19-22,25,30,35,41H,3-5,10-18,23H2,1-2H3,(H,42,43,47). The number of amides is 1. The SMILES string of the molecule is COCC(c1cc2c(NC(=O)c3ccc(N4CCN(C)CC4)cc3NC3CCOCC3)nn(C3CCCCO3)c2cn1)c1cc(F)ccc1F. The van der Waals surface area contributed by atoms with E-state index in [0.29, 0.717) is 47.8 Å². The molecule has 3 aliphatic rings. The Balaban J connectivity index is 1.26. The van der Waals surface area contributed by atoms with Crippen molar-refractivity contribution >= 4 is 34.0 Å². The minimum atomic E-state index is -0.699. The molecule has 3 saturated heterocycles. The monoisotopic (exact) mass is 689 g/mol. The van der Waals surface area contributed by atoms with Crippen molar-refractivity contribution < 1.29 is 27.8 Å². The Bertz CT molecular complexity index is 1800. The summed E-state index contributed by atoms with van der Waals surface area (Å²) in [5.41, 5.74) is 3.59. The number of carbonyl (C=O) groups is 1. The van der Waals surface area contributed by atoms with Gasteiger partial charge in [0.15, 0.2) is 12.0 Å². The number of methoxy groups -OCH3 is 1. The van der Waals surface area contributed by atoms with Crippen LogP contribution in [0.4, 0.5) is 26.0 Å². The van der Waals surface area contributed by atoms with Gasteiger partial charge in [-0.3, -0.25) is 9.78 Å². The summed E-state index contributed by atoms with van der Waals surface area (Å²) in [7, 11) is 3.64. The molecule has 7 rings (SSSR count). The van der Waals surface area contributed by atoms with Gasteiger partial charge in [-0.15, -0.1) is 0 Å². The maximum atomic E-state index is 15.0. The second-order valence-corrected chi connectivity index (χ2v) is 13.4. The summed E-state index contributed by atoms with van der Waals surface area (Å²) in [6, 6.07) is 11.3. The highest BCUT2D eigenvalue weighted by Gasteiger charge is 2.27. The highest BCUT2D eigenvalue weighted by atomic mass is 19.1. The van der Waals surface area contributed by atoms with E-state index < -0.39 is 17.6 Å². The maximum absolute atomic E-state index is 15.0. The number of likely N-dealkylation sites (N-methyl/N-ethyl adjacent to an activating group) is 1. The zero-order valence-electron chi connectivity index (χ0n) is 28.7. The Morgan fingerprint density at radius 3 is 2.60 bits per heavy atom. The van der Waals surface area contributed by atoms with Crippen molar-refractivity contribution in [2.45, 2.75) is 50.3 Å². The highest BCUT2D eigenvalue weighted by molar-refractivity contribution is 6.11. The van der Waals surface area contributed by atoms with Gasteiger partial charge in [0.05, 0.1) is 35.5 Å². The van der Waals surface area contributed by atoms with Crippen molar-refractivity contribution in [3.05, 3.63) is 77.1 Å². The number of hydrogen-bond acceptors (Lipinski definition) is 9. The van der Waals surface area contributed by atoms with Crippen LogP contribution in [0.25, 0.3) is 10.9 Å². The summed E-state index contributed by atoms with van der Waals surface area (Å²) in [5, 5.41) is 12.2. The van der Waals surface area contributed by atoms with Crippen molar-refractivity contribution in [3.8, 4) is 0 Å². The third-order valence-electron chi connectivity index (χ3n) is 10.00. The third-order valence-corrected chi connectivity index (χ3v) is 10.00. The van der Waals surface area contributed by atoms with E-state index in [1.807, 2.05) is 12.1 Å². The number of nitrogens with zero attached hydrogens (tertiary/aromatic N) is 5. The van der Waals surface area contributed by atoms with Crippen LogP contribution >= 0.6 is 0 Å². The molecule has 2 aromatic heterocycles. The summed E-state index contributed by atoms with van der Waals surface area (Å²) >= 11 is 0. The number of ether oxygens (including phenoxy) is 3. The molecule has 266 valence electrons. The first-order valence-electron chi connectivity index (χ1n) is 17.5. The molecule has 50 heavy (non-hydrogen) atoms. The number of pyridine rings is 1. The van der Waals surface area contributed by atoms with Crippen LogP contribution in [0.5, 0.6) is 0 Å². The van der Waals surface area contributed by atoms with Gasteiger partial charge in [-0.05, 0) is 81.6 Å². The lowest BCUT2D eigenvalue weighted by atomic mass is 9.94. The van der Waals surface area contributed by atoms with E-state index in [9.17, 15) is 9.18 Å². The first-order chi connectivity index (χ1) is 24.4. The van der Waals surface area contributed by atoms with Gasteiger partial charge in [0.2, 0.25) is 0 Å². The van der Waals surface area contributed by atoms with Crippen LogP contribution in [0.3, 0.4) is 0 Å². The van der Waals surface area contributed by atoms with E-state index >= 15 is 4.39 Å². The van der Waals surface area contributed by atoms with Crippen LogP contribution < -0.4 is 15.5 Å². The Hall–Kier alpha value is -4.17. The summed E-state index contributed by atoms with van der Waals surface area (Å²) in [4.78, 5) is 23.6. The quantitative estimate of drug-likeness (QED) is 0.214. The lowest BCUT2D eigenvalue weighted by molar-refractivity contribution is -0.0365. The molecule has 5 heterocycles. The molecule has 0 saturated carbocycles. The van der Waals surface area contributed by atoms with Crippen LogP contribution in [0.1, 0.15) is 65.9 Å². The Morgan fingerprint density at radius 2 is 1.84 bits per heavy atom. The fourth-order valence-electron chi connectivity index (χ4n) is 7.10. The van der Waals surface area contributed by atoms with Gasteiger partial charge in [0.25, 0.3) is 5.91 Å². The van der Waals surface area contributed by atoms with Gasteiger partial charge >= 0.3 is 0 Å². The van der Waals surface area contributed by atoms with Gasteiger partial charge < -0.3 is 34.6 Å². The second-order valence-electron chi connectivity index (χ2n) is 13.4. The van der Waals surface area contributed by atoms with E-state index in [1.54, 1.807) is 16.9 Å². The number of fused-ring (bicyclic) bond motifs is 1. The molecular formula is C37H45F2N7O4. The largest absolute Gasteiger partial charge is 0.384 e. The van der Waals surface area contributed by atoms with Crippen LogP contribution in [0, 0.1) is 11.6 Å². The fraction of sp³-hybridized carbons (Fsp3) is 0.486. The number of aromatic nitrogens is 3.